The minimum atomic E-state index is -0.0858. The summed E-state index contributed by atoms with van der Waals surface area (Å²) in [5, 5.41) is 5.99. The van der Waals surface area contributed by atoms with Gasteiger partial charge in [-0.3, -0.25) is 14.5 Å². The number of carbonyl (C=O) groups is 2. The lowest BCUT2D eigenvalue weighted by atomic mass is 9.95. The lowest BCUT2D eigenvalue weighted by Crippen LogP contribution is -2.43. The first kappa shape index (κ1) is 24.2. The first-order valence-electron chi connectivity index (χ1n) is 12.6. The van der Waals surface area contributed by atoms with E-state index in [0.717, 1.165) is 29.0 Å². The number of piperidine rings is 1. The predicted octanol–water partition coefficient (Wildman–Crippen LogP) is 3.10. The van der Waals surface area contributed by atoms with Gasteiger partial charge in [-0.25, -0.2) is 0 Å². The Morgan fingerprint density at radius 3 is 2.69 bits per heavy atom. The molecule has 2 amide bonds. The van der Waals surface area contributed by atoms with E-state index in [1.54, 1.807) is 12.1 Å². The maximum atomic E-state index is 12.7. The van der Waals surface area contributed by atoms with Crippen LogP contribution in [-0.4, -0.2) is 55.9 Å². The number of nitrogens with zero attached hydrogens (tertiary/aromatic N) is 1. The number of anilines is 1. The third-order valence-corrected chi connectivity index (χ3v) is 6.82. The minimum absolute atomic E-state index is 0.00503. The molecule has 0 aromatic heterocycles. The molecule has 0 radical (unpaired) electrons. The molecule has 0 saturated carbocycles. The van der Waals surface area contributed by atoms with Gasteiger partial charge in [-0.15, -0.1) is 0 Å². The second-order valence-electron chi connectivity index (χ2n) is 9.52. The lowest BCUT2D eigenvalue weighted by molar-refractivity contribution is -0.123. The molecule has 1 unspecified atom stereocenters. The normalized spacial score (nSPS) is 18.9. The van der Waals surface area contributed by atoms with Gasteiger partial charge in [0.05, 0.1) is 13.2 Å². The lowest BCUT2D eigenvalue weighted by Gasteiger charge is -2.30. The maximum Gasteiger partial charge on any atom is 0.234 e. The zero-order chi connectivity index (χ0) is 25.1. The number of hydrogen-bond donors (Lipinski definition) is 2. The first-order valence-corrected chi connectivity index (χ1v) is 12.6. The van der Waals surface area contributed by atoms with Crippen molar-refractivity contribution in [1.29, 1.82) is 0 Å². The topological polar surface area (TPSA) is 98.4 Å². The van der Waals surface area contributed by atoms with Crippen molar-refractivity contribution in [2.75, 3.05) is 38.4 Å². The molecule has 0 bridgehead atoms. The van der Waals surface area contributed by atoms with Crippen LogP contribution in [0.1, 0.15) is 37.8 Å². The van der Waals surface area contributed by atoms with Gasteiger partial charge in [-0.1, -0.05) is 0 Å². The number of rotatable bonds is 8. The predicted molar refractivity (Wildman–Crippen MR) is 134 cm³/mol. The molecule has 0 spiro atoms. The smallest absolute Gasteiger partial charge is 0.234 e. The first-order chi connectivity index (χ1) is 17.5. The van der Waals surface area contributed by atoms with Crippen LogP contribution in [0.3, 0.4) is 0 Å². The molecule has 3 heterocycles. The summed E-state index contributed by atoms with van der Waals surface area (Å²) < 4.78 is 22.4. The third-order valence-electron chi connectivity index (χ3n) is 6.82. The molecule has 0 aliphatic carbocycles. The van der Waals surface area contributed by atoms with Crippen LogP contribution in [0.15, 0.2) is 30.3 Å². The number of fused-ring (bicyclic) bond motifs is 2. The summed E-state index contributed by atoms with van der Waals surface area (Å²) in [6.45, 7) is 6.84. The number of carbonyl (C=O) groups excluding carboxylic acids is 2. The molecule has 2 aromatic carbocycles. The zero-order valence-electron chi connectivity index (χ0n) is 20.8. The van der Waals surface area contributed by atoms with Gasteiger partial charge in [0.25, 0.3) is 0 Å². The monoisotopic (exact) mass is 495 g/mol. The Morgan fingerprint density at radius 2 is 1.89 bits per heavy atom. The average Bonchev–Trinajstić information content (AvgIpc) is 3.48. The van der Waals surface area contributed by atoms with Crippen LogP contribution in [0.25, 0.3) is 0 Å². The molecule has 192 valence electrons. The zero-order valence-corrected chi connectivity index (χ0v) is 20.8. The number of benzene rings is 2. The molecular weight excluding hydrogens is 462 g/mol. The number of ether oxygens (including phenoxy) is 4. The molecule has 9 nitrogen and oxygen atoms in total. The van der Waals surface area contributed by atoms with Crippen molar-refractivity contribution in [1.82, 2.24) is 10.2 Å². The molecule has 1 atom stereocenters. The van der Waals surface area contributed by atoms with E-state index >= 15 is 0 Å². The van der Waals surface area contributed by atoms with Crippen molar-refractivity contribution in [3.05, 3.63) is 41.5 Å². The summed E-state index contributed by atoms with van der Waals surface area (Å²) in [5.41, 5.74) is 2.76. The third kappa shape index (κ3) is 5.51. The number of hydrogen-bond acceptors (Lipinski definition) is 7. The Hall–Kier alpha value is -3.46. The van der Waals surface area contributed by atoms with Crippen LogP contribution in [0, 0.1) is 5.92 Å². The number of nitrogens with one attached hydrogen (secondary N) is 2. The second kappa shape index (κ2) is 10.7. The summed E-state index contributed by atoms with van der Waals surface area (Å²) in [6.07, 6.45) is 2.44. The van der Waals surface area contributed by atoms with Crippen LogP contribution >= 0.6 is 0 Å². The van der Waals surface area contributed by atoms with E-state index in [1.807, 2.05) is 32.0 Å². The van der Waals surface area contributed by atoms with Gasteiger partial charge in [-0.05, 0) is 64.0 Å². The molecule has 9 heteroatoms. The molecule has 3 aliphatic rings. The molecule has 1 saturated heterocycles. The van der Waals surface area contributed by atoms with Crippen LogP contribution in [-0.2, 0) is 22.6 Å². The van der Waals surface area contributed by atoms with Gasteiger partial charge in [0.15, 0.2) is 11.5 Å². The Kier molecular flexibility index (Phi) is 7.18. The fourth-order valence-corrected chi connectivity index (χ4v) is 4.93. The second-order valence-corrected chi connectivity index (χ2v) is 9.52. The minimum Gasteiger partial charge on any atom is -0.494 e. The fraction of sp³-hybridized carbons (Fsp3) is 0.481. The van der Waals surface area contributed by atoms with Crippen LogP contribution < -0.4 is 29.6 Å². The summed E-state index contributed by atoms with van der Waals surface area (Å²) in [5.74, 6) is 2.86. The molecule has 5 rings (SSSR count). The van der Waals surface area contributed by atoms with Crippen molar-refractivity contribution in [2.24, 2.45) is 5.92 Å². The van der Waals surface area contributed by atoms with Crippen molar-refractivity contribution >= 4 is 17.5 Å². The Bertz CT molecular complexity index is 1130. The van der Waals surface area contributed by atoms with Crippen molar-refractivity contribution in [3.63, 3.8) is 0 Å². The molecular formula is C27H33N3O6. The summed E-state index contributed by atoms with van der Waals surface area (Å²) in [4.78, 5) is 27.5. The van der Waals surface area contributed by atoms with Gasteiger partial charge < -0.3 is 29.6 Å². The van der Waals surface area contributed by atoms with Gasteiger partial charge in [0, 0.05) is 41.8 Å². The summed E-state index contributed by atoms with van der Waals surface area (Å²) in [6, 6.07) is 9.41. The Morgan fingerprint density at radius 1 is 1.08 bits per heavy atom. The van der Waals surface area contributed by atoms with Crippen molar-refractivity contribution in [3.8, 4) is 23.0 Å². The number of amides is 2. The average molecular weight is 496 g/mol. The van der Waals surface area contributed by atoms with E-state index in [1.165, 1.54) is 0 Å². The van der Waals surface area contributed by atoms with Crippen LogP contribution in [0.4, 0.5) is 5.69 Å². The Labute approximate surface area is 211 Å². The highest BCUT2D eigenvalue weighted by Crippen LogP contribution is 2.36. The quantitative estimate of drug-likeness (QED) is 0.581. The number of likely N-dealkylation sites (tertiary alicyclic amines) is 1. The Balaban J connectivity index is 1.08. The van der Waals surface area contributed by atoms with Gasteiger partial charge in [0.2, 0.25) is 18.6 Å². The van der Waals surface area contributed by atoms with E-state index in [4.69, 9.17) is 18.9 Å². The highest BCUT2D eigenvalue weighted by Gasteiger charge is 2.27. The SMILES string of the molecule is CCOc1cc2c(cc1CNC(=O)CN1CCC(C(=O)Nc3ccc4c(c3)OCO4)CC1)OC(C)C2. The van der Waals surface area contributed by atoms with Crippen molar-refractivity contribution < 1.29 is 28.5 Å². The highest BCUT2D eigenvalue weighted by atomic mass is 16.7. The van der Waals surface area contributed by atoms with Crippen LogP contribution in [0.2, 0.25) is 0 Å². The molecule has 3 aliphatic heterocycles. The van der Waals surface area contributed by atoms with Crippen LogP contribution in [0.5, 0.6) is 23.0 Å². The summed E-state index contributed by atoms with van der Waals surface area (Å²) >= 11 is 0. The van der Waals surface area contributed by atoms with E-state index in [2.05, 4.69) is 15.5 Å². The highest BCUT2D eigenvalue weighted by molar-refractivity contribution is 5.93. The van der Waals surface area contributed by atoms with E-state index in [9.17, 15) is 9.59 Å². The largest absolute Gasteiger partial charge is 0.494 e. The standard InChI is InChI=1S/C27H33N3O6/c1-3-33-23-11-19-10-17(2)36-24(19)12-20(23)14-28-26(31)15-30-8-6-18(7-9-30)27(32)29-21-4-5-22-25(13-21)35-16-34-22/h4-5,11-13,17-18H,3,6-10,14-16H2,1-2H3,(H,28,31)(H,29,32). The van der Waals surface area contributed by atoms with Gasteiger partial charge in [-0.2, -0.15) is 0 Å². The summed E-state index contributed by atoms with van der Waals surface area (Å²) in [7, 11) is 0. The van der Waals surface area contributed by atoms with Gasteiger partial charge >= 0.3 is 0 Å². The van der Waals surface area contributed by atoms with E-state index in [0.29, 0.717) is 62.8 Å². The van der Waals surface area contributed by atoms with E-state index in [-0.39, 0.29) is 30.6 Å². The molecule has 1 fully saturated rings. The molecule has 36 heavy (non-hydrogen) atoms. The van der Waals surface area contributed by atoms with Gasteiger partial charge in [0.1, 0.15) is 17.6 Å². The van der Waals surface area contributed by atoms with E-state index < -0.39 is 0 Å². The maximum absolute atomic E-state index is 12.7. The molecule has 2 N–H and O–H groups in total. The fourth-order valence-electron chi connectivity index (χ4n) is 4.93. The van der Waals surface area contributed by atoms with Crippen molar-refractivity contribution in [2.45, 2.75) is 45.8 Å². The molecule has 2 aromatic rings.